The number of carbonyl (C=O) groups is 2. The lowest BCUT2D eigenvalue weighted by Gasteiger charge is -2.30. The average Bonchev–Trinajstić information content (AvgIpc) is 2.79. The van der Waals surface area contributed by atoms with Crippen molar-refractivity contribution in [1.29, 1.82) is 0 Å². The maximum absolute atomic E-state index is 13.5. The number of Topliss-reactive ketones (excluding diaryl/α,β-unsaturated/α-hetero) is 1. The van der Waals surface area contributed by atoms with Crippen LogP contribution in [-0.2, 0) is 0 Å². The summed E-state index contributed by atoms with van der Waals surface area (Å²) in [5.74, 6) is -0.245. The molecular weight excluding hydrogens is 382 g/mol. The fourth-order valence-electron chi connectivity index (χ4n) is 3.43. The van der Waals surface area contributed by atoms with E-state index >= 15 is 0 Å². The highest BCUT2D eigenvalue weighted by atomic mass is 16.6. The molecule has 1 aliphatic heterocycles. The van der Waals surface area contributed by atoms with Gasteiger partial charge in [0.05, 0.1) is 22.2 Å². The van der Waals surface area contributed by atoms with E-state index in [1.165, 1.54) is 12.1 Å². The minimum Gasteiger partial charge on any atom is -0.327 e. The SMILES string of the molecule is O=C1NC(c2ccccc2)=C(C(=O)c2ccccc2)[C@@H](c2ccc([N+](=O)[O-])cc2)N1. The maximum atomic E-state index is 13.5. The van der Waals surface area contributed by atoms with E-state index in [4.69, 9.17) is 0 Å². The Hall–Kier alpha value is -4.26. The van der Waals surface area contributed by atoms with Crippen molar-refractivity contribution in [2.24, 2.45) is 0 Å². The standard InChI is InChI=1S/C23H17N3O4/c27-22(17-9-5-2-6-10-17)19-20(15-7-3-1-4-8-15)24-23(28)25-21(19)16-11-13-18(14-12-16)26(29)30/h1-14,21H,(H2,24,25,28)/t21-/m1/s1. The largest absolute Gasteiger partial charge is 0.327 e. The number of hydrogen-bond donors (Lipinski definition) is 2. The monoisotopic (exact) mass is 399 g/mol. The lowest BCUT2D eigenvalue weighted by atomic mass is 9.87. The number of urea groups is 1. The van der Waals surface area contributed by atoms with Crippen molar-refractivity contribution in [2.75, 3.05) is 0 Å². The van der Waals surface area contributed by atoms with Gasteiger partial charge in [-0.25, -0.2) is 4.79 Å². The van der Waals surface area contributed by atoms with Crippen molar-refractivity contribution in [2.45, 2.75) is 6.04 Å². The van der Waals surface area contributed by atoms with Gasteiger partial charge in [0.25, 0.3) is 5.69 Å². The molecular formula is C23H17N3O4. The summed E-state index contributed by atoms with van der Waals surface area (Å²) < 4.78 is 0. The van der Waals surface area contributed by atoms with Crippen LogP contribution in [0, 0.1) is 10.1 Å². The molecule has 0 radical (unpaired) electrons. The Kier molecular flexibility index (Phi) is 5.09. The van der Waals surface area contributed by atoms with Crippen molar-refractivity contribution in [3.05, 3.63) is 117 Å². The highest BCUT2D eigenvalue weighted by Crippen LogP contribution is 2.34. The number of ketones is 1. The van der Waals surface area contributed by atoms with Gasteiger partial charge in [-0.05, 0) is 23.3 Å². The number of benzene rings is 3. The van der Waals surface area contributed by atoms with E-state index in [0.717, 1.165) is 0 Å². The van der Waals surface area contributed by atoms with Gasteiger partial charge in [0, 0.05) is 17.7 Å². The first-order valence-corrected chi connectivity index (χ1v) is 9.26. The summed E-state index contributed by atoms with van der Waals surface area (Å²) >= 11 is 0. The number of rotatable bonds is 5. The van der Waals surface area contributed by atoms with Crippen molar-refractivity contribution in [3.8, 4) is 0 Å². The van der Waals surface area contributed by atoms with E-state index in [2.05, 4.69) is 10.6 Å². The summed E-state index contributed by atoms with van der Waals surface area (Å²) in [6.45, 7) is 0. The minimum atomic E-state index is -0.762. The highest BCUT2D eigenvalue weighted by molar-refractivity contribution is 6.16. The second kappa shape index (κ2) is 8.00. The fourth-order valence-corrected chi connectivity index (χ4v) is 3.43. The Morgan fingerprint density at radius 2 is 1.47 bits per heavy atom. The quantitative estimate of drug-likeness (QED) is 0.381. The van der Waals surface area contributed by atoms with Crippen LogP contribution in [0.25, 0.3) is 5.70 Å². The van der Waals surface area contributed by atoms with Gasteiger partial charge < -0.3 is 10.6 Å². The van der Waals surface area contributed by atoms with Gasteiger partial charge in [0.1, 0.15) is 0 Å². The third-order valence-corrected chi connectivity index (χ3v) is 4.85. The van der Waals surface area contributed by atoms with E-state index in [9.17, 15) is 19.7 Å². The Labute approximate surface area is 172 Å². The Balaban J connectivity index is 1.89. The second-order valence-corrected chi connectivity index (χ2v) is 6.73. The Morgan fingerprint density at radius 1 is 0.867 bits per heavy atom. The van der Waals surface area contributed by atoms with Gasteiger partial charge in [-0.2, -0.15) is 0 Å². The van der Waals surface area contributed by atoms with E-state index in [-0.39, 0.29) is 11.5 Å². The van der Waals surface area contributed by atoms with Crippen molar-refractivity contribution in [1.82, 2.24) is 10.6 Å². The molecule has 2 amide bonds. The molecule has 2 N–H and O–H groups in total. The molecule has 3 aromatic rings. The first kappa shape index (κ1) is 19.1. The fraction of sp³-hybridized carbons (Fsp3) is 0.0435. The minimum absolute atomic E-state index is 0.0674. The summed E-state index contributed by atoms with van der Waals surface area (Å²) in [6.07, 6.45) is 0. The molecule has 1 atom stereocenters. The highest BCUT2D eigenvalue weighted by Gasteiger charge is 2.33. The molecule has 0 spiro atoms. The Bertz CT molecular complexity index is 1140. The first-order valence-electron chi connectivity index (χ1n) is 9.26. The number of hydrogen-bond acceptors (Lipinski definition) is 4. The van der Waals surface area contributed by atoms with Gasteiger partial charge in [0.2, 0.25) is 0 Å². The predicted molar refractivity (Wildman–Crippen MR) is 112 cm³/mol. The molecule has 148 valence electrons. The zero-order valence-corrected chi connectivity index (χ0v) is 15.7. The molecule has 7 heteroatoms. The van der Waals surface area contributed by atoms with Crippen molar-refractivity contribution < 1.29 is 14.5 Å². The molecule has 0 saturated heterocycles. The molecule has 0 saturated carbocycles. The van der Waals surface area contributed by atoms with E-state index in [0.29, 0.717) is 28.0 Å². The van der Waals surface area contributed by atoms with Crippen LogP contribution >= 0.6 is 0 Å². The van der Waals surface area contributed by atoms with E-state index < -0.39 is 17.0 Å². The summed E-state index contributed by atoms with van der Waals surface area (Å²) in [5, 5.41) is 16.5. The number of amides is 2. The molecule has 0 aliphatic carbocycles. The zero-order chi connectivity index (χ0) is 21.1. The first-order chi connectivity index (χ1) is 14.5. The maximum Gasteiger partial charge on any atom is 0.320 e. The zero-order valence-electron chi connectivity index (χ0n) is 15.7. The smallest absolute Gasteiger partial charge is 0.320 e. The molecule has 0 unspecified atom stereocenters. The summed E-state index contributed by atoms with van der Waals surface area (Å²) in [5.41, 5.74) is 2.45. The van der Waals surface area contributed by atoms with Crippen LogP contribution in [0.2, 0.25) is 0 Å². The molecule has 1 heterocycles. The molecule has 4 rings (SSSR count). The number of carbonyl (C=O) groups excluding carboxylic acids is 2. The molecule has 3 aromatic carbocycles. The molecule has 0 aromatic heterocycles. The van der Waals surface area contributed by atoms with Gasteiger partial charge in [-0.15, -0.1) is 0 Å². The summed E-state index contributed by atoms with van der Waals surface area (Å²) in [4.78, 5) is 36.4. The number of nitrogens with zero attached hydrogens (tertiary/aromatic N) is 1. The van der Waals surface area contributed by atoms with Crippen LogP contribution in [0.5, 0.6) is 0 Å². The van der Waals surface area contributed by atoms with Crippen LogP contribution < -0.4 is 10.6 Å². The van der Waals surface area contributed by atoms with Crippen molar-refractivity contribution >= 4 is 23.2 Å². The predicted octanol–water partition coefficient (Wildman–Crippen LogP) is 4.24. The van der Waals surface area contributed by atoms with Gasteiger partial charge >= 0.3 is 6.03 Å². The molecule has 7 nitrogen and oxygen atoms in total. The van der Waals surface area contributed by atoms with Crippen LogP contribution in [-0.4, -0.2) is 16.7 Å². The summed E-state index contributed by atoms with van der Waals surface area (Å²) in [7, 11) is 0. The molecule has 1 aliphatic rings. The van der Waals surface area contributed by atoms with Gasteiger partial charge in [-0.1, -0.05) is 60.7 Å². The normalized spacial score (nSPS) is 15.9. The third-order valence-electron chi connectivity index (χ3n) is 4.85. The summed E-state index contributed by atoms with van der Waals surface area (Å²) in [6, 6.07) is 22.5. The van der Waals surface area contributed by atoms with Crippen LogP contribution in [0.1, 0.15) is 27.5 Å². The topological polar surface area (TPSA) is 101 Å². The number of nitro groups is 1. The van der Waals surface area contributed by atoms with E-state index in [1.807, 2.05) is 36.4 Å². The van der Waals surface area contributed by atoms with Gasteiger partial charge in [0.15, 0.2) is 5.78 Å². The van der Waals surface area contributed by atoms with Crippen LogP contribution in [0.3, 0.4) is 0 Å². The Morgan fingerprint density at radius 3 is 2.07 bits per heavy atom. The van der Waals surface area contributed by atoms with Crippen LogP contribution in [0.4, 0.5) is 10.5 Å². The number of nitro benzene ring substituents is 1. The molecule has 30 heavy (non-hydrogen) atoms. The number of nitrogens with one attached hydrogen (secondary N) is 2. The lowest BCUT2D eigenvalue weighted by molar-refractivity contribution is -0.384. The lowest BCUT2D eigenvalue weighted by Crippen LogP contribution is -2.45. The van der Waals surface area contributed by atoms with Gasteiger partial charge in [-0.3, -0.25) is 14.9 Å². The molecule has 0 fully saturated rings. The second-order valence-electron chi connectivity index (χ2n) is 6.73. The van der Waals surface area contributed by atoms with E-state index in [1.54, 1.807) is 36.4 Å². The van der Waals surface area contributed by atoms with Crippen molar-refractivity contribution in [3.63, 3.8) is 0 Å². The third kappa shape index (κ3) is 3.68. The number of non-ortho nitro benzene ring substituents is 1. The average molecular weight is 399 g/mol. The van der Waals surface area contributed by atoms with Crippen LogP contribution in [0.15, 0.2) is 90.5 Å². The molecule has 0 bridgehead atoms.